The SMILES string of the molecule is CC1COC(CN)CN1C1CCCCCC1. The monoisotopic (exact) mass is 226 g/mol. The molecule has 1 aliphatic heterocycles. The topological polar surface area (TPSA) is 38.5 Å². The highest BCUT2D eigenvalue weighted by Crippen LogP contribution is 2.25. The quantitative estimate of drug-likeness (QED) is 0.729. The molecule has 0 radical (unpaired) electrons. The second kappa shape index (κ2) is 5.99. The fourth-order valence-corrected chi connectivity index (χ4v) is 3.08. The maximum Gasteiger partial charge on any atom is 0.0824 e. The molecular weight excluding hydrogens is 200 g/mol. The molecule has 0 aromatic rings. The lowest BCUT2D eigenvalue weighted by Crippen LogP contribution is -2.54. The first-order valence-corrected chi connectivity index (χ1v) is 6.88. The van der Waals surface area contributed by atoms with Crippen molar-refractivity contribution in [1.82, 2.24) is 4.90 Å². The van der Waals surface area contributed by atoms with E-state index in [2.05, 4.69) is 11.8 Å². The van der Waals surface area contributed by atoms with E-state index in [4.69, 9.17) is 10.5 Å². The molecule has 2 rings (SSSR count). The van der Waals surface area contributed by atoms with Crippen molar-refractivity contribution in [3.8, 4) is 0 Å². The van der Waals surface area contributed by atoms with Crippen LogP contribution in [0.3, 0.4) is 0 Å². The van der Waals surface area contributed by atoms with Gasteiger partial charge in [-0.2, -0.15) is 0 Å². The lowest BCUT2D eigenvalue weighted by Gasteiger charge is -2.42. The molecule has 16 heavy (non-hydrogen) atoms. The van der Waals surface area contributed by atoms with E-state index in [1.807, 2.05) is 0 Å². The third kappa shape index (κ3) is 2.96. The van der Waals surface area contributed by atoms with Crippen LogP contribution in [0, 0.1) is 0 Å². The van der Waals surface area contributed by atoms with Crippen molar-refractivity contribution >= 4 is 0 Å². The van der Waals surface area contributed by atoms with Gasteiger partial charge in [0.25, 0.3) is 0 Å². The van der Waals surface area contributed by atoms with Crippen molar-refractivity contribution in [2.45, 2.75) is 63.6 Å². The van der Waals surface area contributed by atoms with Crippen LogP contribution in [0.1, 0.15) is 45.4 Å². The van der Waals surface area contributed by atoms with Gasteiger partial charge < -0.3 is 10.5 Å². The molecule has 3 nitrogen and oxygen atoms in total. The van der Waals surface area contributed by atoms with Gasteiger partial charge in [-0.15, -0.1) is 0 Å². The lowest BCUT2D eigenvalue weighted by molar-refractivity contribution is -0.0716. The van der Waals surface area contributed by atoms with Gasteiger partial charge in [-0.3, -0.25) is 4.90 Å². The van der Waals surface area contributed by atoms with Crippen LogP contribution in [0.4, 0.5) is 0 Å². The van der Waals surface area contributed by atoms with E-state index < -0.39 is 0 Å². The molecule has 0 amide bonds. The van der Waals surface area contributed by atoms with Gasteiger partial charge in [-0.25, -0.2) is 0 Å². The Kier molecular flexibility index (Phi) is 4.62. The van der Waals surface area contributed by atoms with Gasteiger partial charge >= 0.3 is 0 Å². The van der Waals surface area contributed by atoms with Gasteiger partial charge in [-0.05, 0) is 19.8 Å². The normalized spacial score (nSPS) is 34.9. The third-order valence-electron chi connectivity index (χ3n) is 4.11. The molecule has 94 valence electrons. The molecule has 1 saturated heterocycles. The van der Waals surface area contributed by atoms with Crippen molar-refractivity contribution < 1.29 is 4.74 Å². The molecule has 2 N–H and O–H groups in total. The van der Waals surface area contributed by atoms with Gasteiger partial charge in [0.2, 0.25) is 0 Å². The smallest absolute Gasteiger partial charge is 0.0824 e. The van der Waals surface area contributed by atoms with Crippen LogP contribution in [-0.4, -0.2) is 42.8 Å². The molecule has 2 unspecified atom stereocenters. The molecule has 2 atom stereocenters. The van der Waals surface area contributed by atoms with Crippen molar-refractivity contribution in [3.05, 3.63) is 0 Å². The summed E-state index contributed by atoms with van der Waals surface area (Å²) in [6.45, 7) is 4.86. The minimum atomic E-state index is 0.263. The van der Waals surface area contributed by atoms with E-state index in [1.54, 1.807) is 0 Å². The predicted octanol–water partition coefficient (Wildman–Crippen LogP) is 1.76. The number of morpholine rings is 1. The summed E-state index contributed by atoms with van der Waals surface area (Å²) in [5, 5.41) is 0. The van der Waals surface area contributed by atoms with Crippen molar-refractivity contribution in [1.29, 1.82) is 0 Å². The summed E-state index contributed by atoms with van der Waals surface area (Å²) in [5.41, 5.74) is 5.72. The van der Waals surface area contributed by atoms with Crippen LogP contribution in [0.25, 0.3) is 0 Å². The highest BCUT2D eigenvalue weighted by molar-refractivity contribution is 4.84. The molecule has 0 bridgehead atoms. The van der Waals surface area contributed by atoms with Crippen LogP contribution in [0.15, 0.2) is 0 Å². The van der Waals surface area contributed by atoms with E-state index in [0.29, 0.717) is 12.6 Å². The van der Waals surface area contributed by atoms with E-state index >= 15 is 0 Å². The zero-order valence-corrected chi connectivity index (χ0v) is 10.5. The summed E-state index contributed by atoms with van der Waals surface area (Å²) in [7, 11) is 0. The largest absolute Gasteiger partial charge is 0.374 e. The fourth-order valence-electron chi connectivity index (χ4n) is 3.08. The fraction of sp³-hybridized carbons (Fsp3) is 1.00. The average molecular weight is 226 g/mol. The Morgan fingerprint density at radius 2 is 1.88 bits per heavy atom. The number of hydrogen-bond donors (Lipinski definition) is 1. The van der Waals surface area contributed by atoms with E-state index in [-0.39, 0.29) is 6.10 Å². The van der Waals surface area contributed by atoms with Crippen LogP contribution >= 0.6 is 0 Å². The molecule has 2 aliphatic rings. The second-order valence-corrected chi connectivity index (χ2v) is 5.38. The van der Waals surface area contributed by atoms with Crippen LogP contribution in [0.2, 0.25) is 0 Å². The summed E-state index contributed by atoms with van der Waals surface area (Å²) >= 11 is 0. The molecular formula is C13H26N2O. The van der Waals surface area contributed by atoms with Gasteiger partial charge in [0.1, 0.15) is 0 Å². The van der Waals surface area contributed by atoms with Crippen molar-refractivity contribution in [2.75, 3.05) is 19.7 Å². The highest BCUT2D eigenvalue weighted by Gasteiger charge is 2.30. The van der Waals surface area contributed by atoms with Gasteiger partial charge in [0.05, 0.1) is 12.7 Å². The molecule has 0 spiro atoms. The van der Waals surface area contributed by atoms with Crippen LogP contribution < -0.4 is 5.73 Å². The predicted molar refractivity (Wildman–Crippen MR) is 66.5 cm³/mol. The van der Waals surface area contributed by atoms with Gasteiger partial charge in [-0.1, -0.05) is 25.7 Å². The molecule has 1 heterocycles. The first-order chi connectivity index (χ1) is 7.81. The van der Waals surface area contributed by atoms with E-state index in [1.165, 1.54) is 38.5 Å². The third-order valence-corrected chi connectivity index (χ3v) is 4.11. The summed E-state index contributed by atoms with van der Waals surface area (Å²) in [4.78, 5) is 2.66. The zero-order chi connectivity index (χ0) is 11.4. The Morgan fingerprint density at radius 1 is 1.19 bits per heavy atom. The molecule has 0 aromatic heterocycles. The van der Waals surface area contributed by atoms with Crippen LogP contribution in [-0.2, 0) is 4.74 Å². The minimum absolute atomic E-state index is 0.263. The summed E-state index contributed by atoms with van der Waals surface area (Å²) in [5.74, 6) is 0. The maximum atomic E-state index is 5.73. The van der Waals surface area contributed by atoms with Gasteiger partial charge in [0, 0.05) is 25.2 Å². The molecule has 2 fully saturated rings. The van der Waals surface area contributed by atoms with E-state index in [0.717, 1.165) is 19.2 Å². The first-order valence-electron chi connectivity index (χ1n) is 6.88. The number of ether oxygens (including phenoxy) is 1. The average Bonchev–Trinajstić information content (AvgIpc) is 2.58. The molecule has 3 heteroatoms. The Balaban J connectivity index is 1.93. The van der Waals surface area contributed by atoms with Crippen molar-refractivity contribution in [2.24, 2.45) is 5.73 Å². The number of nitrogens with two attached hydrogens (primary N) is 1. The van der Waals surface area contributed by atoms with Crippen molar-refractivity contribution in [3.63, 3.8) is 0 Å². The standard InChI is InChI=1S/C13H26N2O/c1-11-10-16-13(8-14)9-15(11)12-6-4-2-3-5-7-12/h11-13H,2-10,14H2,1H3. The maximum absolute atomic E-state index is 5.73. The zero-order valence-electron chi connectivity index (χ0n) is 10.5. The Labute approximate surface area is 99.3 Å². The summed E-state index contributed by atoms with van der Waals surface area (Å²) < 4.78 is 5.73. The van der Waals surface area contributed by atoms with Crippen LogP contribution in [0.5, 0.6) is 0 Å². The van der Waals surface area contributed by atoms with Gasteiger partial charge in [0.15, 0.2) is 0 Å². The first kappa shape index (κ1) is 12.3. The Bertz CT molecular complexity index is 202. The molecule has 1 saturated carbocycles. The number of rotatable bonds is 2. The molecule has 1 aliphatic carbocycles. The number of nitrogens with zero attached hydrogens (tertiary/aromatic N) is 1. The highest BCUT2D eigenvalue weighted by atomic mass is 16.5. The summed E-state index contributed by atoms with van der Waals surface area (Å²) in [6.07, 6.45) is 8.68. The minimum Gasteiger partial charge on any atom is -0.374 e. The number of hydrogen-bond acceptors (Lipinski definition) is 3. The second-order valence-electron chi connectivity index (χ2n) is 5.38. The molecule has 0 aromatic carbocycles. The summed E-state index contributed by atoms with van der Waals surface area (Å²) in [6, 6.07) is 1.36. The Hall–Kier alpha value is -0.120. The van der Waals surface area contributed by atoms with E-state index in [9.17, 15) is 0 Å². The Morgan fingerprint density at radius 3 is 2.50 bits per heavy atom. The lowest BCUT2D eigenvalue weighted by atomic mass is 10.0.